The van der Waals surface area contributed by atoms with Gasteiger partial charge < -0.3 is 15.0 Å². The number of hydrogen-bond donors (Lipinski definition) is 1. The van der Waals surface area contributed by atoms with Gasteiger partial charge in [-0.05, 0) is 23.3 Å². The number of anilines is 1. The molecule has 10 heteroatoms. The molecule has 1 saturated heterocycles. The van der Waals surface area contributed by atoms with Gasteiger partial charge in [-0.25, -0.2) is 14.6 Å². The lowest BCUT2D eigenvalue weighted by Gasteiger charge is -2.28. The van der Waals surface area contributed by atoms with Crippen LogP contribution in [0.3, 0.4) is 0 Å². The molecule has 0 unspecified atom stereocenters. The normalized spacial score (nSPS) is 14.6. The van der Waals surface area contributed by atoms with Crippen molar-refractivity contribution in [2.75, 3.05) is 43.5 Å². The number of aromatic nitrogens is 4. The van der Waals surface area contributed by atoms with Gasteiger partial charge in [0.2, 0.25) is 5.91 Å². The van der Waals surface area contributed by atoms with E-state index >= 15 is 0 Å². The first-order chi connectivity index (χ1) is 14.7. The molecule has 0 saturated carbocycles. The summed E-state index contributed by atoms with van der Waals surface area (Å²) in [6.07, 6.45) is 5.19. The Balaban J connectivity index is 1.47. The number of nitrogens with one attached hydrogen (secondary N) is 1. The third-order valence-corrected chi connectivity index (χ3v) is 6.17. The molecule has 1 aliphatic rings. The minimum absolute atomic E-state index is 0.120. The average molecular weight is 445 g/mol. The molecule has 4 rings (SSSR count). The number of thiophene rings is 1. The van der Waals surface area contributed by atoms with Crippen molar-refractivity contribution in [2.24, 2.45) is 0 Å². The molecular formula is C20H24N6O2S2. The van der Waals surface area contributed by atoms with Crippen molar-refractivity contribution in [1.29, 1.82) is 0 Å². The first-order valence-corrected chi connectivity index (χ1v) is 11.8. The lowest BCUT2D eigenvalue weighted by atomic mass is 10.3. The van der Waals surface area contributed by atoms with E-state index < -0.39 is 0 Å². The predicted octanol–water partition coefficient (Wildman–Crippen LogP) is 2.67. The summed E-state index contributed by atoms with van der Waals surface area (Å²) in [5.41, 5.74) is 0.797. The maximum absolute atomic E-state index is 12.1. The van der Waals surface area contributed by atoms with Gasteiger partial charge in [-0.15, -0.1) is 11.3 Å². The van der Waals surface area contributed by atoms with E-state index in [0.717, 1.165) is 45.7 Å². The Bertz CT molecular complexity index is 1010. The second-order valence-corrected chi connectivity index (χ2v) is 8.82. The van der Waals surface area contributed by atoms with Gasteiger partial charge in [-0.1, -0.05) is 24.8 Å². The van der Waals surface area contributed by atoms with Gasteiger partial charge in [0.25, 0.3) is 0 Å². The minimum atomic E-state index is -0.120. The molecule has 1 aliphatic heterocycles. The fourth-order valence-corrected chi connectivity index (χ4v) is 4.36. The van der Waals surface area contributed by atoms with Gasteiger partial charge in [0.15, 0.2) is 10.8 Å². The van der Waals surface area contributed by atoms with Crippen molar-refractivity contribution >= 4 is 51.9 Å². The highest BCUT2D eigenvalue weighted by Crippen LogP contribution is 2.27. The van der Waals surface area contributed by atoms with Crippen LogP contribution in [0.5, 0.6) is 0 Å². The second kappa shape index (κ2) is 10.1. The van der Waals surface area contributed by atoms with E-state index in [9.17, 15) is 4.79 Å². The van der Waals surface area contributed by atoms with E-state index in [1.165, 1.54) is 0 Å². The fraction of sp³-hybridized carbons (Fsp3) is 0.400. The number of thioether (sulfide) groups is 1. The Hall–Kier alpha value is -2.43. The van der Waals surface area contributed by atoms with Crippen LogP contribution in [0.2, 0.25) is 0 Å². The SMILES string of the molecule is CCSc1nc(N2CCOCC2)c2cnn(CCNC(=O)/C=C/c3cccs3)c2n1. The summed E-state index contributed by atoms with van der Waals surface area (Å²) in [7, 11) is 0. The number of rotatable bonds is 8. The predicted molar refractivity (Wildman–Crippen MR) is 121 cm³/mol. The van der Waals surface area contributed by atoms with Crippen molar-refractivity contribution in [3.05, 3.63) is 34.7 Å². The lowest BCUT2D eigenvalue weighted by Crippen LogP contribution is -2.37. The number of fused-ring (bicyclic) bond motifs is 1. The highest BCUT2D eigenvalue weighted by molar-refractivity contribution is 7.99. The summed E-state index contributed by atoms with van der Waals surface area (Å²) in [6.45, 7) is 6.10. The van der Waals surface area contributed by atoms with Crippen molar-refractivity contribution in [3.8, 4) is 0 Å². The molecule has 4 heterocycles. The molecule has 30 heavy (non-hydrogen) atoms. The summed E-state index contributed by atoms with van der Waals surface area (Å²) in [6, 6.07) is 3.94. The molecular weight excluding hydrogens is 420 g/mol. The number of hydrogen-bond acceptors (Lipinski definition) is 8. The smallest absolute Gasteiger partial charge is 0.244 e. The van der Waals surface area contributed by atoms with Gasteiger partial charge in [0, 0.05) is 30.6 Å². The van der Waals surface area contributed by atoms with E-state index in [1.807, 2.05) is 34.5 Å². The second-order valence-electron chi connectivity index (χ2n) is 6.61. The largest absolute Gasteiger partial charge is 0.378 e. The Morgan fingerprint density at radius 3 is 3.00 bits per heavy atom. The summed E-state index contributed by atoms with van der Waals surface area (Å²) >= 11 is 3.21. The Labute approximate surface area is 183 Å². The van der Waals surface area contributed by atoms with Crippen LogP contribution in [-0.4, -0.2) is 64.3 Å². The van der Waals surface area contributed by atoms with Crippen LogP contribution in [0.1, 0.15) is 11.8 Å². The number of carbonyl (C=O) groups is 1. The zero-order valence-corrected chi connectivity index (χ0v) is 18.4. The molecule has 1 amide bonds. The maximum Gasteiger partial charge on any atom is 0.244 e. The van der Waals surface area contributed by atoms with E-state index in [2.05, 4.69) is 22.2 Å². The molecule has 0 atom stereocenters. The molecule has 0 aliphatic carbocycles. The van der Waals surface area contributed by atoms with Crippen LogP contribution in [0.25, 0.3) is 17.1 Å². The van der Waals surface area contributed by atoms with E-state index in [-0.39, 0.29) is 5.91 Å². The van der Waals surface area contributed by atoms with Gasteiger partial charge in [0.1, 0.15) is 5.82 Å². The molecule has 0 spiro atoms. The van der Waals surface area contributed by atoms with Gasteiger partial charge in [-0.3, -0.25) is 4.79 Å². The van der Waals surface area contributed by atoms with Crippen molar-refractivity contribution in [2.45, 2.75) is 18.6 Å². The van der Waals surface area contributed by atoms with Gasteiger partial charge in [0.05, 0.1) is 31.3 Å². The first kappa shape index (κ1) is 20.8. The minimum Gasteiger partial charge on any atom is -0.378 e. The zero-order chi connectivity index (χ0) is 20.8. The Morgan fingerprint density at radius 2 is 2.23 bits per heavy atom. The number of ether oxygens (including phenoxy) is 1. The van der Waals surface area contributed by atoms with Crippen LogP contribution in [0.15, 0.2) is 34.9 Å². The first-order valence-electron chi connectivity index (χ1n) is 9.93. The summed E-state index contributed by atoms with van der Waals surface area (Å²) in [5, 5.41) is 11.1. The van der Waals surface area contributed by atoms with Crippen LogP contribution < -0.4 is 10.2 Å². The van der Waals surface area contributed by atoms with E-state index in [0.29, 0.717) is 26.3 Å². The van der Waals surface area contributed by atoms with E-state index in [1.54, 1.807) is 29.2 Å². The van der Waals surface area contributed by atoms with Crippen LogP contribution in [0.4, 0.5) is 5.82 Å². The fourth-order valence-electron chi connectivity index (χ4n) is 3.18. The molecule has 3 aromatic rings. The lowest BCUT2D eigenvalue weighted by molar-refractivity contribution is -0.116. The maximum atomic E-state index is 12.1. The molecule has 1 fully saturated rings. The van der Waals surface area contributed by atoms with Gasteiger partial charge >= 0.3 is 0 Å². The highest BCUT2D eigenvalue weighted by Gasteiger charge is 2.20. The van der Waals surface area contributed by atoms with Crippen LogP contribution in [0, 0.1) is 0 Å². The topological polar surface area (TPSA) is 85.2 Å². The molecule has 0 aromatic carbocycles. The molecule has 158 valence electrons. The quantitative estimate of drug-likeness (QED) is 0.325. The standard InChI is InChI=1S/C20H24N6O2S2/c1-2-29-20-23-18(25-9-11-28-12-10-25)16-14-22-26(19(16)24-20)8-7-21-17(27)6-5-15-4-3-13-30-15/h3-6,13-14H,2,7-12H2,1H3,(H,21,27)/b6-5+. The summed E-state index contributed by atoms with van der Waals surface area (Å²) in [5.74, 6) is 1.69. The number of nitrogens with zero attached hydrogens (tertiary/aromatic N) is 5. The summed E-state index contributed by atoms with van der Waals surface area (Å²) < 4.78 is 7.32. The zero-order valence-electron chi connectivity index (χ0n) is 16.8. The van der Waals surface area contributed by atoms with Crippen molar-refractivity contribution < 1.29 is 9.53 Å². The van der Waals surface area contributed by atoms with Crippen LogP contribution in [-0.2, 0) is 16.1 Å². The van der Waals surface area contributed by atoms with Crippen LogP contribution >= 0.6 is 23.1 Å². The van der Waals surface area contributed by atoms with Crippen molar-refractivity contribution in [3.63, 3.8) is 0 Å². The molecule has 1 N–H and O–H groups in total. The molecule has 0 radical (unpaired) electrons. The van der Waals surface area contributed by atoms with Crippen molar-refractivity contribution in [1.82, 2.24) is 25.1 Å². The Morgan fingerprint density at radius 1 is 1.37 bits per heavy atom. The average Bonchev–Trinajstić information content (AvgIpc) is 3.43. The number of carbonyl (C=O) groups excluding carboxylic acids is 1. The molecule has 8 nitrogen and oxygen atoms in total. The van der Waals surface area contributed by atoms with Gasteiger partial charge in [-0.2, -0.15) is 5.10 Å². The van der Waals surface area contributed by atoms with E-state index in [4.69, 9.17) is 14.7 Å². The Kier molecular flexibility index (Phi) is 6.98. The monoisotopic (exact) mass is 444 g/mol. The highest BCUT2D eigenvalue weighted by atomic mass is 32.2. The number of amides is 1. The number of morpholine rings is 1. The summed E-state index contributed by atoms with van der Waals surface area (Å²) in [4.78, 5) is 24.8. The third-order valence-electron chi connectivity index (χ3n) is 4.60. The molecule has 3 aromatic heterocycles. The third kappa shape index (κ3) is 5.00. The molecule has 0 bridgehead atoms.